The van der Waals surface area contributed by atoms with E-state index in [1.54, 1.807) is 6.07 Å². The third-order valence-electron chi connectivity index (χ3n) is 3.81. The number of carbonyl (C=O) groups excluding carboxylic acids is 1. The van der Waals surface area contributed by atoms with Crippen LogP contribution >= 0.6 is 0 Å². The second kappa shape index (κ2) is 6.39. The van der Waals surface area contributed by atoms with Crippen molar-refractivity contribution in [2.24, 2.45) is 0 Å². The molecule has 128 valence electrons. The maximum Gasteiger partial charge on any atom is 0.322 e. The standard InChI is InChI=1S/C17H16N4O4/c1-2-23-13-6-4-3-5-11(13)16-19-20-17(24-16)18-15(22)14-9-12(21-25-14)10-7-8-10/h3-6,9-10H,2,7-8H2,1H3,(H,18,20,22). The van der Waals surface area contributed by atoms with Crippen molar-refractivity contribution < 1.29 is 18.5 Å². The predicted octanol–water partition coefficient (Wildman–Crippen LogP) is 3.25. The van der Waals surface area contributed by atoms with Crippen LogP contribution in [-0.4, -0.2) is 27.9 Å². The summed E-state index contributed by atoms with van der Waals surface area (Å²) in [6, 6.07) is 8.95. The van der Waals surface area contributed by atoms with Crippen molar-refractivity contribution in [3.05, 3.63) is 41.8 Å². The van der Waals surface area contributed by atoms with Crippen molar-refractivity contribution in [3.8, 4) is 17.2 Å². The normalized spacial score (nSPS) is 13.6. The maximum absolute atomic E-state index is 12.2. The van der Waals surface area contributed by atoms with Crippen LogP contribution in [0, 0.1) is 0 Å². The van der Waals surface area contributed by atoms with Gasteiger partial charge in [0.25, 0.3) is 11.8 Å². The Morgan fingerprint density at radius 3 is 2.96 bits per heavy atom. The fourth-order valence-corrected chi connectivity index (χ4v) is 2.43. The molecule has 0 unspecified atom stereocenters. The van der Waals surface area contributed by atoms with Gasteiger partial charge in [0.1, 0.15) is 5.75 Å². The van der Waals surface area contributed by atoms with Crippen LogP contribution in [0.5, 0.6) is 5.75 Å². The number of hydrogen-bond donors (Lipinski definition) is 1. The molecule has 0 aliphatic heterocycles. The SMILES string of the molecule is CCOc1ccccc1-c1nnc(NC(=O)c2cc(C3CC3)no2)o1. The van der Waals surface area contributed by atoms with Crippen molar-refractivity contribution in [1.82, 2.24) is 15.4 Å². The molecular weight excluding hydrogens is 324 g/mol. The number of rotatable bonds is 6. The van der Waals surface area contributed by atoms with Crippen LogP contribution in [0.3, 0.4) is 0 Å². The van der Waals surface area contributed by atoms with Crippen molar-refractivity contribution in [2.45, 2.75) is 25.7 Å². The summed E-state index contributed by atoms with van der Waals surface area (Å²) >= 11 is 0. The topological polar surface area (TPSA) is 103 Å². The minimum atomic E-state index is -0.479. The molecule has 1 aromatic carbocycles. The van der Waals surface area contributed by atoms with E-state index >= 15 is 0 Å². The average Bonchev–Trinajstić information content (AvgIpc) is 3.17. The molecule has 0 saturated heterocycles. The molecule has 0 spiro atoms. The van der Waals surface area contributed by atoms with Crippen LogP contribution in [0.15, 0.2) is 39.3 Å². The van der Waals surface area contributed by atoms with Gasteiger partial charge in [0.05, 0.1) is 17.9 Å². The molecule has 1 N–H and O–H groups in total. The lowest BCUT2D eigenvalue weighted by Gasteiger charge is -2.06. The Hall–Kier alpha value is -3.16. The summed E-state index contributed by atoms with van der Waals surface area (Å²) in [5.41, 5.74) is 1.47. The van der Waals surface area contributed by atoms with Crippen LogP contribution in [0.4, 0.5) is 6.01 Å². The van der Waals surface area contributed by atoms with E-state index in [1.165, 1.54) is 0 Å². The Kier molecular flexibility index (Phi) is 3.93. The molecule has 0 radical (unpaired) electrons. The first-order valence-electron chi connectivity index (χ1n) is 8.08. The molecule has 8 heteroatoms. The minimum absolute atomic E-state index is 0.0179. The quantitative estimate of drug-likeness (QED) is 0.734. The lowest BCUT2D eigenvalue weighted by atomic mass is 10.2. The zero-order valence-electron chi connectivity index (χ0n) is 13.6. The fourth-order valence-electron chi connectivity index (χ4n) is 2.43. The Balaban J connectivity index is 1.50. The molecule has 0 bridgehead atoms. The van der Waals surface area contributed by atoms with E-state index in [9.17, 15) is 4.79 Å². The third-order valence-corrected chi connectivity index (χ3v) is 3.81. The van der Waals surface area contributed by atoms with E-state index in [-0.39, 0.29) is 17.7 Å². The molecule has 0 atom stereocenters. The smallest absolute Gasteiger partial charge is 0.322 e. The molecule has 1 amide bonds. The molecule has 1 fully saturated rings. The van der Waals surface area contributed by atoms with Gasteiger partial charge >= 0.3 is 6.01 Å². The Labute approximate surface area is 143 Å². The highest BCUT2D eigenvalue weighted by Gasteiger charge is 2.28. The molecule has 1 aliphatic rings. The van der Waals surface area contributed by atoms with Crippen LogP contribution in [0.1, 0.15) is 41.9 Å². The van der Waals surface area contributed by atoms with Crippen molar-refractivity contribution in [1.29, 1.82) is 0 Å². The van der Waals surface area contributed by atoms with E-state index in [0.717, 1.165) is 18.5 Å². The lowest BCUT2D eigenvalue weighted by molar-refractivity contribution is 0.0985. The Bertz CT molecular complexity index is 897. The Morgan fingerprint density at radius 1 is 1.32 bits per heavy atom. The van der Waals surface area contributed by atoms with Gasteiger partial charge in [0, 0.05) is 12.0 Å². The van der Waals surface area contributed by atoms with E-state index in [2.05, 4.69) is 20.7 Å². The van der Waals surface area contributed by atoms with Gasteiger partial charge in [-0.15, -0.1) is 5.10 Å². The largest absolute Gasteiger partial charge is 0.493 e. The first kappa shape index (κ1) is 15.4. The van der Waals surface area contributed by atoms with Gasteiger partial charge in [-0.2, -0.15) is 0 Å². The van der Waals surface area contributed by atoms with Gasteiger partial charge in [-0.25, -0.2) is 0 Å². The molecule has 1 saturated carbocycles. The van der Waals surface area contributed by atoms with Crippen molar-refractivity contribution in [2.75, 3.05) is 11.9 Å². The number of hydrogen-bond acceptors (Lipinski definition) is 7. The Morgan fingerprint density at radius 2 is 2.16 bits per heavy atom. The van der Waals surface area contributed by atoms with E-state index in [1.807, 2.05) is 31.2 Å². The number of anilines is 1. The molecule has 1 aliphatic carbocycles. The molecule has 8 nitrogen and oxygen atoms in total. The number of carbonyl (C=O) groups is 1. The summed E-state index contributed by atoms with van der Waals surface area (Å²) in [4.78, 5) is 12.2. The number of amides is 1. The summed E-state index contributed by atoms with van der Waals surface area (Å²) < 4.78 is 16.1. The van der Waals surface area contributed by atoms with Crippen molar-refractivity contribution >= 4 is 11.9 Å². The molecule has 3 aromatic rings. The van der Waals surface area contributed by atoms with E-state index in [0.29, 0.717) is 23.8 Å². The van der Waals surface area contributed by atoms with Crippen LogP contribution in [0.2, 0.25) is 0 Å². The average molecular weight is 340 g/mol. The lowest BCUT2D eigenvalue weighted by Crippen LogP contribution is -2.11. The second-order valence-electron chi connectivity index (χ2n) is 5.69. The highest BCUT2D eigenvalue weighted by Crippen LogP contribution is 2.39. The zero-order chi connectivity index (χ0) is 17.2. The highest BCUT2D eigenvalue weighted by atomic mass is 16.5. The van der Waals surface area contributed by atoms with Crippen LogP contribution in [0.25, 0.3) is 11.5 Å². The fraction of sp³-hybridized carbons (Fsp3) is 0.294. The number of para-hydroxylation sites is 1. The first-order chi connectivity index (χ1) is 12.2. The number of benzene rings is 1. The summed E-state index contributed by atoms with van der Waals surface area (Å²) in [5.74, 6) is 0.950. The maximum atomic E-state index is 12.2. The first-order valence-corrected chi connectivity index (χ1v) is 8.08. The zero-order valence-corrected chi connectivity index (χ0v) is 13.6. The second-order valence-corrected chi connectivity index (χ2v) is 5.69. The number of aromatic nitrogens is 3. The summed E-state index contributed by atoms with van der Waals surface area (Å²) in [7, 11) is 0. The van der Waals surface area contributed by atoms with Crippen LogP contribution < -0.4 is 10.1 Å². The van der Waals surface area contributed by atoms with E-state index in [4.69, 9.17) is 13.7 Å². The van der Waals surface area contributed by atoms with Gasteiger partial charge in [-0.3, -0.25) is 10.1 Å². The molecular formula is C17H16N4O4. The molecule has 2 heterocycles. The molecule has 2 aromatic heterocycles. The predicted molar refractivity (Wildman–Crippen MR) is 87.3 cm³/mol. The summed E-state index contributed by atoms with van der Waals surface area (Å²) in [6.45, 7) is 2.41. The van der Waals surface area contributed by atoms with Gasteiger partial charge < -0.3 is 13.7 Å². The summed E-state index contributed by atoms with van der Waals surface area (Å²) in [5, 5.41) is 14.2. The van der Waals surface area contributed by atoms with Gasteiger partial charge in [0.2, 0.25) is 5.76 Å². The van der Waals surface area contributed by atoms with Gasteiger partial charge in [-0.1, -0.05) is 22.4 Å². The third kappa shape index (κ3) is 3.23. The number of nitrogens with zero attached hydrogens (tertiary/aromatic N) is 3. The molecule has 4 rings (SSSR count). The number of ether oxygens (including phenoxy) is 1. The minimum Gasteiger partial charge on any atom is -0.493 e. The van der Waals surface area contributed by atoms with Gasteiger partial charge in [0.15, 0.2) is 0 Å². The summed E-state index contributed by atoms with van der Waals surface area (Å²) in [6.07, 6.45) is 2.17. The monoisotopic (exact) mass is 340 g/mol. The van der Waals surface area contributed by atoms with E-state index < -0.39 is 5.91 Å². The molecule has 25 heavy (non-hydrogen) atoms. The highest BCUT2D eigenvalue weighted by molar-refractivity contribution is 6.01. The van der Waals surface area contributed by atoms with Gasteiger partial charge in [-0.05, 0) is 31.9 Å². The van der Waals surface area contributed by atoms with Crippen LogP contribution in [-0.2, 0) is 0 Å². The number of nitrogens with one attached hydrogen (secondary N) is 1. The van der Waals surface area contributed by atoms with Crippen molar-refractivity contribution in [3.63, 3.8) is 0 Å².